The topological polar surface area (TPSA) is 124 Å². The van der Waals surface area contributed by atoms with Crippen LogP contribution in [0, 0.1) is 29.1 Å². The third kappa shape index (κ3) is 7.92. The number of carbonyl (C=O) groups excluding carboxylic acids is 1. The van der Waals surface area contributed by atoms with Gasteiger partial charge in [-0.3, -0.25) is 9.59 Å². The number of aromatic hydroxyl groups is 1. The Kier molecular flexibility index (Phi) is 9.59. The molecule has 0 saturated carbocycles. The molecule has 37 heavy (non-hydrogen) atoms. The Morgan fingerprint density at radius 1 is 1.11 bits per heavy atom. The molecule has 1 aromatic carbocycles. The first kappa shape index (κ1) is 28.9. The summed E-state index contributed by atoms with van der Waals surface area (Å²) in [5, 5.41) is 38.8. The van der Waals surface area contributed by atoms with Gasteiger partial charge >= 0.3 is 11.9 Å². The van der Waals surface area contributed by atoms with Gasteiger partial charge in [0.1, 0.15) is 11.9 Å². The summed E-state index contributed by atoms with van der Waals surface area (Å²) in [6.07, 6.45) is 6.37. The Morgan fingerprint density at radius 2 is 1.78 bits per heavy atom. The number of hydrogen-bond acceptors (Lipinski definition) is 6. The number of aliphatic carboxylic acids is 1. The second kappa shape index (κ2) is 12.3. The van der Waals surface area contributed by atoms with Crippen LogP contribution >= 0.6 is 0 Å². The molecule has 0 aromatic heterocycles. The van der Waals surface area contributed by atoms with Gasteiger partial charge in [0.15, 0.2) is 0 Å². The predicted octanol–water partition coefficient (Wildman–Crippen LogP) is 4.64. The van der Waals surface area contributed by atoms with Crippen LogP contribution < -0.4 is 0 Å². The number of hydrogen-bond donors (Lipinski definition) is 4. The van der Waals surface area contributed by atoms with Crippen LogP contribution in [0.4, 0.5) is 0 Å². The molecule has 7 nitrogen and oxygen atoms in total. The van der Waals surface area contributed by atoms with Crippen LogP contribution in [0.1, 0.15) is 65.4 Å². The second-order valence-corrected chi connectivity index (χ2v) is 11.7. The molecule has 2 aliphatic rings. The van der Waals surface area contributed by atoms with Gasteiger partial charge < -0.3 is 25.2 Å². The van der Waals surface area contributed by atoms with E-state index in [9.17, 15) is 24.9 Å². The summed E-state index contributed by atoms with van der Waals surface area (Å²) < 4.78 is 6.25. The fraction of sp³-hybridized carbons (Fsp3) is 0.600. The van der Waals surface area contributed by atoms with Crippen molar-refractivity contribution in [3.8, 4) is 5.75 Å². The molecule has 2 aliphatic carbocycles. The minimum Gasteiger partial charge on any atom is -0.508 e. The fourth-order valence-corrected chi connectivity index (χ4v) is 5.82. The van der Waals surface area contributed by atoms with E-state index in [2.05, 4.69) is 32.1 Å². The molecular weight excluding hydrogens is 472 g/mol. The Balaban J connectivity index is 1.71. The Labute approximate surface area is 219 Å². The van der Waals surface area contributed by atoms with Crippen molar-refractivity contribution in [3.05, 3.63) is 53.6 Å². The number of allylic oxidation sites excluding steroid dienone is 3. The summed E-state index contributed by atoms with van der Waals surface area (Å²) in [6.45, 7) is 8.02. The van der Waals surface area contributed by atoms with Crippen LogP contribution in [0.2, 0.25) is 0 Å². The van der Waals surface area contributed by atoms with E-state index in [1.165, 1.54) is 0 Å². The lowest BCUT2D eigenvalue weighted by atomic mass is 9.65. The van der Waals surface area contributed by atoms with Gasteiger partial charge in [0, 0.05) is 5.92 Å². The van der Waals surface area contributed by atoms with Gasteiger partial charge in [-0.25, -0.2) is 0 Å². The highest BCUT2D eigenvalue weighted by molar-refractivity contribution is 5.76. The maximum Gasteiger partial charge on any atom is 0.312 e. The van der Waals surface area contributed by atoms with E-state index in [1.807, 2.05) is 26.0 Å². The molecule has 0 amide bonds. The average Bonchev–Trinajstić information content (AvgIpc) is 2.79. The van der Waals surface area contributed by atoms with Crippen LogP contribution in [0.5, 0.6) is 5.75 Å². The van der Waals surface area contributed by atoms with Crippen molar-refractivity contribution in [2.45, 2.75) is 84.5 Å². The van der Waals surface area contributed by atoms with Gasteiger partial charge in [-0.15, -0.1) is 0 Å². The molecule has 4 N–H and O–H groups in total. The molecule has 0 spiro atoms. The first-order valence-electron chi connectivity index (χ1n) is 13.3. The minimum absolute atomic E-state index is 0.0146. The highest BCUT2D eigenvalue weighted by Gasteiger charge is 2.43. The molecule has 0 aliphatic heterocycles. The molecule has 7 atom stereocenters. The summed E-state index contributed by atoms with van der Waals surface area (Å²) >= 11 is 0. The standard InChI is InChI=1S/C30H42O7/c1-18-13-21-8-5-19(2)25(12-11-23(32)15-24(33)16-27(34)35)28(21)26(14-18)37-29(36)30(3,4)17-20-6-9-22(31)10-7-20/h5-10,13,18-19,23-26,28,31-33H,11-12,14-17H2,1-4H3,(H,34,35)/t18-,19-,23+,24+,25-,26-,28-/m0/s1. The normalized spacial score (nSPS) is 27.1. The van der Waals surface area contributed by atoms with Crippen molar-refractivity contribution >= 4 is 11.9 Å². The monoisotopic (exact) mass is 514 g/mol. The van der Waals surface area contributed by atoms with E-state index < -0.39 is 23.6 Å². The zero-order valence-corrected chi connectivity index (χ0v) is 22.3. The lowest BCUT2D eigenvalue weighted by Crippen LogP contribution is -2.43. The van der Waals surface area contributed by atoms with Crippen molar-refractivity contribution < 1.29 is 34.8 Å². The van der Waals surface area contributed by atoms with E-state index in [1.54, 1.807) is 12.1 Å². The number of rotatable bonds is 11. The third-order valence-corrected chi connectivity index (χ3v) is 7.78. The molecule has 0 radical (unpaired) electrons. The van der Waals surface area contributed by atoms with Crippen molar-refractivity contribution in [1.29, 1.82) is 0 Å². The molecular formula is C30H42O7. The van der Waals surface area contributed by atoms with E-state index in [0.29, 0.717) is 19.3 Å². The average molecular weight is 515 g/mol. The van der Waals surface area contributed by atoms with Gasteiger partial charge in [-0.1, -0.05) is 44.2 Å². The number of carboxylic acid groups (broad SMARTS) is 1. The second-order valence-electron chi connectivity index (χ2n) is 11.7. The zero-order valence-electron chi connectivity index (χ0n) is 22.3. The predicted molar refractivity (Wildman–Crippen MR) is 141 cm³/mol. The molecule has 0 saturated heterocycles. The highest BCUT2D eigenvalue weighted by atomic mass is 16.5. The van der Waals surface area contributed by atoms with Crippen LogP contribution in [0.3, 0.4) is 0 Å². The van der Waals surface area contributed by atoms with Crippen molar-refractivity contribution in [1.82, 2.24) is 0 Å². The third-order valence-electron chi connectivity index (χ3n) is 7.78. The zero-order chi connectivity index (χ0) is 27.3. The maximum absolute atomic E-state index is 13.4. The number of carboxylic acids is 1. The smallest absolute Gasteiger partial charge is 0.312 e. The number of ether oxygens (including phenoxy) is 1. The maximum atomic E-state index is 13.4. The summed E-state index contributed by atoms with van der Waals surface area (Å²) in [7, 11) is 0. The first-order valence-corrected chi connectivity index (χ1v) is 13.3. The Hall–Kier alpha value is -2.64. The molecule has 204 valence electrons. The number of phenols is 1. The van der Waals surface area contributed by atoms with E-state index in [-0.39, 0.29) is 54.3 Å². The van der Waals surface area contributed by atoms with Gasteiger partial charge in [0.05, 0.1) is 24.0 Å². The molecule has 0 bridgehead atoms. The van der Waals surface area contributed by atoms with Crippen molar-refractivity contribution in [3.63, 3.8) is 0 Å². The number of fused-ring (bicyclic) bond motifs is 1. The van der Waals surface area contributed by atoms with Crippen LogP contribution in [0.15, 0.2) is 48.1 Å². The quantitative estimate of drug-likeness (QED) is 0.317. The van der Waals surface area contributed by atoms with Gasteiger partial charge in [-0.05, 0) is 87.0 Å². The van der Waals surface area contributed by atoms with E-state index in [0.717, 1.165) is 17.6 Å². The summed E-state index contributed by atoms with van der Waals surface area (Å²) in [5.41, 5.74) is 1.36. The molecule has 7 heteroatoms. The fourth-order valence-electron chi connectivity index (χ4n) is 5.82. The Bertz CT molecular complexity index is 994. The number of esters is 1. The lowest BCUT2D eigenvalue weighted by molar-refractivity contribution is -0.164. The first-order chi connectivity index (χ1) is 17.4. The number of aliphatic hydroxyl groups is 2. The van der Waals surface area contributed by atoms with Gasteiger partial charge in [-0.2, -0.15) is 0 Å². The number of carbonyl (C=O) groups is 2. The van der Waals surface area contributed by atoms with E-state index in [4.69, 9.17) is 9.84 Å². The molecule has 3 rings (SSSR count). The summed E-state index contributed by atoms with van der Waals surface area (Å²) in [6, 6.07) is 6.87. The SMILES string of the molecule is C[C@H]1C=C2C=C[C@H](C)[C@H](CC[C@@H](O)C[C@@H](O)CC(=O)O)[C@H]2[C@@H](OC(=O)C(C)(C)Cc2ccc(O)cc2)C1. The molecule has 0 unspecified atom stereocenters. The van der Waals surface area contributed by atoms with Crippen LogP contribution in [-0.4, -0.2) is 50.7 Å². The summed E-state index contributed by atoms with van der Waals surface area (Å²) in [5.74, 6) is -0.509. The number of benzene rings is 1. The van der Waals surface area contributed by atoms with Gasteiger partial charge in [0.2, 0.25) is 0 Å². The number of aliphatic hydroxyl groups excluding tert-OH is 2. The van der Waals surface area contributed by atoms with Crippen LogP contribution in [-0.2, 0) is 20.7 Å². The minimum atomic E-state index is -1.09. The van der Waals surface area contributed by atoms with Crippen molar-refractivity contribution in [2.75, 3.05) is 0 Å². The molecule has 0 heterocycles. The number of phenolic OH excluding ortho intramolecular Hbond substituents is 1. The largest absolute Gasteiger partial charge is 0.508 e. The van der Waals surface area contributed by atoms with Crippen LogP contribution in [0.25, 0.3) is 0 Å². The van der Waals surface area contributed by atoms with Crippen molar-refractivity contribution in [2.24, 2.45) is 29.1 Å². The molecule has 0 fully saturated rings. The van der Waals surface area contributed by atoms with E-state index >= 15 is 0 Å². The highest BCUT2D eigenvalue weighted by Crippen LogP contribution is 2.45. The van der Waals surface area contributed by atoms with Gasteiger partial charge in [0.25, 0.3) is 0 Å². The lowest BCUT2D eigenvalue weighted by Gasteiger charge is -2.44. The Morgan fingerprint density at radius 3 is 2.43 bits per heavy atom. The molecule has 1 aromatic rings. The summed E-state index contributed by atoms with van der Waals surface area (Å²) in [4.78, 5) is 24.3.